The van der Waals surface area contributed by atoms with Crippen LogP contribution in [0.1, 0.15) is 0 Å². The number of hydrogen-bond acceptors (Lipinski definition) is 1. The topological polar surface area (TPSA) is 12.6 Å². The highest BCUT2D eigenvalue weighted by molar-refractivity contribution is 6.31. The summed E-state index contributed by atoms with van der Waals surface area (Å²) in [4.78, 5) is 2.40. The second-order valence-corrected chi connectivity index (χ2v) is 14.5. The molecule has 0 saturated heterocycles. The summed E-state index contributed by atoms with van der Waals surface area (Å²) < 4.78 is 5.04. The number of nitrogens with zero attached hydrogens (tertiary/aromatic N) is 3. The number of anilines is 3. The zero-order chi connectivity index (χ0) is 36.0. The molecule has 0 radical (unpaired) electrons. The Kier molecular flexibility index (Phi) is 6.34. The lowest BCUT2D eigenvalue weighted by atomic mass is 9.97. The van der Waals surface area contributed by atoms with Crippen molar-refractivity contribution < 1.29 is 0 Å². The lowest BCUT2D eigenvalue weighted by molar-refractivity contribution is 1.15. The van der Waals surface area contributed by atoms with Crippen molar-refractivity contribution in [3.8, 4) is 16.8 Å². The minimum atomic E-state index is 1.10. The molecule has 0 fully saturated rings. The predicted molar refractivity (Wildman–Crippen MR) is 233 cm³/mol. The van der Waals surface area contributed by atoms with E-state index in [4.69, 9.17) is 0 Å². The molecule has 3 heteroatoms. The Morgan fingerprint density at radius 1 is 0.364 bits per heavy atom. The van der Waals surface area contributed by atoms with Gasteiger partial charge in [0.25, 0.3) is 0 Å². The predicted octanol–water partition coefficient (Wildman–Crippen LogP) is 14.2. The van der Waals surface area contributed by atoms with Crippen molar-refractivity contribution in [2.75, 3.05) is 4.90 Å². The first-order chi connectivity index (χ1) is 27.3. The van der Waals surface area contributed by atoms with Crippen LogP contribution in [-0.2, 0) is 0 Å². The van der Waals surface area contributed by atoms with E-state index in [9.17, 15) is 0 Å². The van der Waals surface area contributed by atoms with Gasteiger partial charge in [-0.3, -0.25) is 0 Å². The maximum atomic E-state index is 2.53. The summed E-state index contributed by atoms with van der Waals surface area (Å²) in [5.41, 5.74) is 12.9. The summed E-state index contributed by atoms with van der Waals surface area (Å²) in [6, 6.07) is 73.3. The van der Waals surface area contributed by atoms with E-state index in [2.05, 4.69) is 214 Å². The summed E-state index contributed by atoms with van der Waals surface area (Å²) in [5, 5.41) is 10.1. The summed E-state index contributed by atoms with van der Waals surface area (Å²) in [6.07, 6.45) is 0. The second-order valence-electron chi connectivity index (χ2n) is 14.5. The fourth-order valence-corrected chi connectivity index (χ4v) is 9.36. The van der Waals surface area contributed by atoms with Gasteiger partial charge in [-0.1, -0.05) is 140 Å². The van der Waals surface area contributed by atoms with E-state index in [1.54, 1.807) is 0 Å². The summed E-state index contributed by atoms with van der Waals surface area (Å²) in [7, 11) is 0. The maximum absolute atomic E-state index is 2.53. The molecule has 9 aromatic carbocycles. The highest BCUT2D eigenvalue weighted by atomic mass is 15.2. The van der Waals surface area contributed by atoms with Crippen molar-refractivity contribution in [2.24, 2.45) is 0 Å². The van der Waals surface area contributed by atoms with Crippen LogP contribution < -0.4 is 4.90 Å². The highest BCUT2D eigenvalue weighted by Crippen LogP contribution is 2.47. The van der Waals surface area contributed by atoms with Gasteiger partial charge in [-0.25, -0.2) is 0 Å². The summed E-state index contributed by atoms with van der Waals surface area (Å²) in [5.74, 6) is 0. The Bertz CT molecular complexity index is 3380. The van der Waals surface area contributed by atoms with Crippen LogP contribution >= 0.6 is 0 Å². The van der Waals surface area contributed by atoms with Gasteiger partial charge in [0.05, 0.1) is 39.0 Å². The van der Waals surface area contributed by atoms with E-state index < -0.39 is 0 Å². The number of hydrogen-bond donors (Lipinski definition) is 0. The van der Waals surface area contributed by atoms with E-state index in [-0.39, 0.29) is 0 Å². The molecule has 0 aliphatic rings. The van der Waals surface area contributed by atoms with Gasteiger partial charge in [-0.2, -0.15) is 0 Å². The van der Waals surface area contributed by atoms with Crippen LogP contribution in [-0.4, -0.2) is 8.97 Å². The molecule has 0 spiro atoms. The summed E-state index contributed by atoms with van der Waals surface area (Å²) in [6.45, 7) is 0. The molecule has 3 nitrogen and oxygen atoms in total. The standard InChI is InChI=1S/C52H33N3/c1-3-17-36(18-4-1)53(37-19-5-2-6-20-37)45-32-31-35(39-23-11-16-34-15-7-8-21-38(34)39)33-49(45)54-46-28-13-24-41-43-26-12-25-42-40-22-9-10-27-44(40)55(52(42)43)48-30-14-29-47(54)51(48)50(41)46/h1-33H. The molecule has 0 bridgehead atoms. The molecule has 3 aromatic heterocycles. The van der Waals surface area contributed by atoms with Gasteiger partial charge in [0.1, 0.15) is 0 Å². The average molecular weight is 700 g/mol. The Hall–Kier alpha value is -7.36. The zero-order valence-corrected chi connectivity index (χ0v) is 29.9. The maximum Gasteiger partial charge on any atom is 0.0709 e. The van der Waals surface area contributed by atoms with Crippen molar-refractivity contribution in [1.82, 2.24) is 8.97 Å². The van der Waals surface area contributed by atoms with Crippen LogP contribution in [0.2, 0.25) is 0 Å². The normalized spacial score (nSPS) is 12.0. The lowest BCUT2D eigenvalue weighted by Gasteiger charge is -2.29. The molecule has 256 valence electrons. The van der Waals surface area contributed by atoms with Crippen molar-refractivity contribution in [1.29, 1.82) is 0 Å². The van der Waals surface area contributed by atoms with E-state index in [1.165, 1.54) is 81.8 Å². The third kappa shape index (κ3) is 4.26. The molecule has 0 N–H and O–H groups in total. The van der Waals surface area contributed by atoms with E-state index in [0.717, 1.165) is 22.7 Å². The minimum Gasteiger partial charge on any atom is -0.308 e. The smallest absolute Gasteiger partial charge is 0.0709 e. The Balaban J connectivity index is 1.27. The summed E-state index contributed by atoms with van der Waals surface area (Å²) >= 11 is 0. The number of para-hydroxylation sites is 4. The van der Waals surface area contributed by atoms with Crippen LogP contribution in [0.4, 0.5) is 17.1 Å². The Labute approximate surface area is 317 Å². The SMILES string of the molecule is c1ccc(N(c2ccccc2)c2ccc(-c3cccc4ccccc34)cc2-n2c3cccc4c5cccc6c7ccccc7n(c7cccc2c7c43)c56)cc1. The quantitative estimate of drug-likeness (QED) is 0.174. The number of aromatic nitrogens is 2. The van der Waals surface area contributed by atoms with E-state index >= 15 is 0 Å². The minimum absolute atomic E-state index is 1.10. The van der Waals surface area contributed by atoms with Gasteiger partial charge < -0.3 is 13.9 Å². The van der Waals surface area contributed by atoms with Crippen LogP contribution in [0.25, 0.3) is 87.5 Å². The average Bonchev–Trinajstić information content (AvgIpc) is 3.73. The first-order valence-electron chi connectivity index (χ1n) is 19.0. The van der Waals surface area contributed by atoms with Crippen LogP contribution in [0.3, 0.4) is 0 Å². The molecule has 0 atom stereocenters. The molecule has 3 heterocycles. The van der Waals surface area contributed by atoms with Crippen LogP contribution in [0.5, 0.6) is 0 Å². The van der Waals surface area contributed by atoms with Crippen LogP contribution in [0.15, 0.2) is 200 Å². The van der Waals surface area contributed by atoms with Crippen molar-refractivity contribution in [3.05, 3.63) is 200 Å². The van der Waals surface area contributed by atoms with Crippen molar-refractivity contribution >= 4 is 87.7 Å². The Morgan fingerprint density at radius 3 is 1.71 bits per heavy atom. The van der Waals surface area contributed by atoms with Gasteiger partial charge in [-0.15, -0.1) is 0 Å². The molecular weight excluding hydrogens is 667 g/mol. The fraction of sp³-hybridized carbons (Fsp3) is 0. The van der Waals surface area contributed by atoms with E-state index in [0.29, 0.717) is 0 Å². The molecule has 12 aromatic rings. The van der Waals surface area contributed by atoms with Crippen molar-refractivity contribution in [2.45, 2.75) is 0 Å². The number of fused-ring (bicyclic) bond motifs is 6. The molecule has 12 rings (SSSR count). The monoisotopic (exact) mass is 699 g/mol. The lowest BCUT2D eigenvalue weighted by Crippen LogP contribution is -2.13. The third-order valence-corrected chi connectivity index (χ3v) is 11.6. The number of benzene rings is 9. The highest BCUT2D eigenvalue weighted by Gasteiger charge is 2.25. The Morgan fingerprint density at radius 2 is 0.909 bits per heavy atom. The van der Waals surface area contributed by atoms with Gasteiger partial charge in [0.15, 0.2) is 0 Å². The van der Waals surface area contributed by atoms with Crippen molar-refractivity contribution in [3.63, 3.8) is 0 Å². The molecule has 0 aliphatic carbocycles. The van der Waals surface area contributed by atoms with Crippen LogP contribution in [0, 0.1) is 0 Å². The van der Waals surface area contributed by atoms with Gasteiger partial charge in [-0.05, 0) is 87.9 Å². The van der Waals surface area contributed by atoms with Gasteiger partial charge in [0.2, 0.25) is 0 Å². The van der Waals surface area contributed by atoms with E-state index in [1.807, 2.05) is 0 Å². The molecule has 0 saturated carbocycles. The molecular formula is C52H33N3. The van der Waals surface area contributed by atoms with Gasteiger partial charge in [0, 0.05) is 38.3 Å². The first kappa shape index (κ1) is 30.1. The molecule has 0 unspecified atom stereocenters. The first-order valence-corrected chi connectivity index (χ1v) is 19.0. The fourth-order valence-electron chi connectivity index (χ4n) is 9.36. The largest absolute Gasteiger partial charge is 0.308 e. The molecule has 0 amide bonds. The zero-order valence-electron chi connectivity index (χ0n) is 29.9. The number of rotatable bonds is 5. The molecule has 0 aliphatic heterocycles. The second kappa shape index (κ2) is 11.6. The molecule has 55 heavy (non-hydrogen) atoms. The third-order valence-electron chi connectivity index (χ3n) is 11.6. The van der Waals surface area contributed by atoms with Gasteiger partial charge >= 0.3 is 0 Å².